The summed E-state index contributed by atoms with van der Waals surface area (Å²) in [5.41, 5.74) is 6.33. The van der Waals surface area contributed by atoms with Crippen molar-refractivity contribution >= 4 is 5.95 Å². The predicted octanol–water partition coefficient (Wildman–Crippen LogP) is 2.58. The van der Waals surface area contributed by atoms with Crippen molar-refractivity contribution in [3.8, 4) is 11.3 Å². The fourth-order valence-electron chi connectivity index (χ4n) is 1.84. The first-order valence-corrected chi connectivity index (χ1v) is 6.37. The first kappa shape index (κ1) is 13.5. The molecule has 0 atom stereocenters. The van der Waals surface area contributed by atoms with E-state index in [9.17, 15) is 0 Å². The van der Waals surface area contributed by atoms with E-state index in [2.05, 4.69) is 29.1 Å². The number of hydrogen-bond donors (Lipinski definition) is 2. The number of furan rings is 1. The second-order valence-electron chi connectivity index (χ2n) is 5.25. The first-order chi connectivity index (χ1) is 9.00. The lowest BCUT2D eigenvalue weighted by molar-refractivity contribution is 0.522. The molecular weight excluding hydrogens is 240 g/mol. The molecule has 0 unspecified atom stereocenters. The highest BCUT2D eigenvalue weighted by Gasteiger charge is 2.17. The fraction of sp³-hybridized carbons (Fsp3) is 0.429. The van der Waals surface area contributed by atoms with Crippen LogP contribution in [0.1, 0.15) is 26.0 Å². The monoisotopic (exact) mass is 260 g/mol. The van der Waals surface area contributed by atoms with Crippen LogP contribution in [0.15, 0.2) is 28.9 Å². The van der Waals surface area contributed by atoms with Crippen LogP contribution in [0, 0.1) is 6.92 Å². The maximum absolute atomic E-state index is 5.58. The van der Waals surface area contributed by atoms with E-state index < -0.39 is 0 Å². The molecule has 0 aliphatic rings. The molecule has 0 saturated carbocycles. The summed E-state index contributed by atoms with van der Waals surface area (Å²) in [7, 11) is 0. The van der Waals surface area contributed by atoms with Gasteiger partial charge in [0.05, 0.1) is 5.56 Å². The topological polar surface area (TPSA) is 77.0 Å². The summed E-state index contributed by atoms with van der Waals surface area (Å²) in [6, 6.07) is 3.84. The molecule has 2 aromatic heterocycles. The SMILES string of the molecule is Cc1ccc(-c2cnc(NC(C)(C)CCN)nc2)o1. The van der Waals surface area contributed by atoms with E-state index in [-0.39, 0.29) is 5.54 Å². The van der Waals surface area contributed by atoms with Crippen molar-refractivity contribution in [2.24, 2.45) is 5.73 Å². The summed E-state index contributed by atoms with van der Waals surface area (Å²) < 4.78 is 5.53. The third kappa shape index (κ3) is 3.54. The molecule has 2 aromatic rings. The van der Waals surface area contributed by atoms with Gasteiger partial charge in [0.15, 0.2) is 0 Å². The molecule has 0 fully saturated rings. The number of aryl methyl sites for hydroxylation is 1. The second kappa shape index (κ2) is 5.40. The summed E-state index contributed by atoms with van der Waals surface area (Å²) in [5.74, 6) is 2.26. The van der Waals surface area contributed by atoms with Gasteiger partial charge in [0, 0.05) is 17.9 Å². The molecular formula is C14H20N4O. The Kier molecular flexibility index (Phi) is 3.85. The van der Waals surface area contributed by atoms with Crippen LogP contribution >= 0.6 is 0 Å². The average molecular weight is 260 g/mol. The smallest absolute Gasteiger partial charge is 0.223 e. The molecule has 0 radical (unpaired) electrons. The van der Waals surface area contributed by atoms with E-state index in [0.717, 1.165) is 23.5 Å². The van der Waals surface area contributed by atoms with Crippen molar-refractivity contribution in [3.05, 3.63) is 30.3 Å². The molecule has 102 valence electrons. The highest BCUT2D eigenvalue weighted by atomic mass is 16.3. The van der Waals surface area contributed by atoms with E-state index in [1.54, 1.807) is 12.4 Å². The third-order valence-corrected chi connectivity index (χ3v) is 2.90. The lowest BCUT2D eigenvalue weighted by Crippen LogP contribution is -2.34. The molecule has 5 heteroatoms. The van der Waals surface area contributed by atoms with Gasteiger partial charge in [-0.25, -0.2) is 9.97 Å². The maximum atomic E-state index is 5.58. The van der Waals surface area contributed by atoms with Crippen LogP contribution in [0.3, 0.4) is 0 Å². The lowest BCUT2D eigenvalue weighted by atomic mass is 10.0. The van der Waals surface area contributed by atoms with Crippen LogP contribution in [0.2, 0.25) is 0 Å². The molecule has 0 saturated heterocycles. The van der Waals surface area contributed by atoms with Crippen molar-refractivity contribution in [1.82, 2.24) is 9.97 Å². The lowest BCUT2D eigenvalue weighted by Gasteiger charge is -2.25. The van der Waals surface area contributed by atoms with Crippen molar-refractivity contribution in [3.63, 3.8) is 0 Å². The van der Waals surface area contributed by atoms with Gasteiger partial charge in [-0.2, -0.15) is 0 Å². The maximum Gasteiger partial charge on any atom is 0.223 e. The van der Waals surface area contributed by atoms with E-state index in [1.165, 1.54) is 0 Å². The molecule has 2 heterocycles. The zero-order valence-electron chi connectivity index (χ0n) is 11.6. The molecule has 3 N–H and O–H groups in total. The van der Waals surface area contributed by atoms with Gasteiger partial charge < -0.3 is 15.5 Å². The highest BCUT2D eigenvalue weighted by Crippen LogP contribution is 2.21. The Bertz CT molecular complexity index is 531. The van der Waals surface area contributed by atoms with Gasteiger partial charge >= 0.3 is 0 Å². The van der Waals surface area contributed by atoms with Crippen LogP contribution in [-0.2, 0) is 0 Å². The van der Waals surface area contributed by atoms with Crippen LogP contribution in [0.25, 0.3) is 11.3 Å². The third-order valence-electron chi connectivity index (χ3n) is 2.90. The Hall–Kier alpha value is -1.88. The quantitative estimate of drug-likeness (QED) is 0.864. The minimum atomic E-state index is -0.114. The van der Waals surface area contributed by atoms with E-state index in [0.29, 0.717) is 12.5 Å². The van der Waals surface area contributed by atoms with Crippen molar-refractivity contribution < 1.29 is 4.42 Å². The Morgan fingerprint density at radius 1 is 1.26 bits per heavy atom. The van der Waals surface area contributed by atoms with Gasteiger partial charge in [0.2, 0.25) is 5.95 Å². The Morgan fingerprint density at radius 3 is 2.47 bits per heavy atom. The number of rotatable bonds is 5. The van der Waals surface area contributed by atoms with E-state index in [4.69, 9.17) is 10.2 Å². The van der Waals surface area contributed by atoms with E-state index >= 15 is 0 Å². The van der Waals surface area contributed by atoms with Gasteiger partial charge in [0.1, 0.15) is 11.5 Å². The number of nitrogens with two attached hydrogens (primary N) is 1. The number of anilines is 1. The summed E-state index contributed by atoms with van der Waals surface area (Å²) in [4.78, 5) is 8.62. The summed E-state index contributed by atoms with van der Waals surface area (Å²) in [6.45, 7) is 6.69. The Morgan fingerprint density at radius 2 is 1.95 bits per heavy atom. The number of nitrogens with one attached hydrogen (secondary N) is 1. The fourth-order valence-corrected chi connectivity index (χ4v) is 1.84. The molecule has 2 rings (SSSR count). The summed E-state index contributed by atoms with van der Waals surface area (Å²) >= 11 is 0. The second-order valence-corrected chi connectivity index (χ2v) is 5.25. The van der Waals surface area contributed by atoms with Crippen LogP contribution in [-0.4, -0.2) is 22.1 Å². The zero-order chi connectivity index (χ0) is 13.9. The number of nitrogens with zero attached hydrogens (tertiary/aromatic N) is 2. The minimum Gasteiger partial charge on any atom is -0.461 e. The summed E-state index contributed by atoms with van der Waals surface area (Å²) in [5, 5.41) is 3.27. The van der Waals surface area contributed by atoms with Gasteiger partial charge in [-0.3, -0.25) is 0 Å². The number of hydrogen-bond acceptors (Lipinski definition) is 5. The minimum absolute atomic E-state index is 0.114. The molecule has 0 aliphatic heterocycles. The van der Waals surface area contributed by atoms with Crippen LogP contribution in [0.5, 0.6) is 0 Å². The van der Waals surface area contributed by atoms with Gasteiger partial charge in [-0.1, -0.05) is 0 Å². The van der Waals surface area contributed by atoms with Gasteiger partial charge in [0.25, 0.3) is 0 Å². The number of aromatic nitrogens is 2. The summed E-state index contributed by atoms with van der Waals surface area (Å²) in [6.07, 6.45) is 4.37. The Balaban J connectivity index is 2.10. The zero-order valence-corrected chi connectivity index (χ0v) is 11.6. The van der Waals surface area contributed by atoms with Crippen molar-refractivity contribution in [2.45, 2.75) is 32.7 Å². The molecule has 0 bridgehead atoms. The van der Waals surface area contributed by atoms with Crippen molar-refractivity contribution in [2.75, 3.05) is 11.9 Å². The molecule has 0 spiro atoms. The van der Waals surface area contributed by atoms with Crippen molar-refractivity contribution in [1.29, 1.82) is 0 Å². The average Bonchev–Trinajstić information content (AvgIpc) is 2.76. The Labute approximate surface area is 113 Å². The van der Waals surface area contributed by atoms with Crippen LogP contribution < -0.4 is 11.1 Å². The molecule has 0 amide bonds. The normalized spacial score (nSPS) is 11.6. The van der Waals surface area contributed by atoms with Gasteiger partial charge in [-0.05, 0) is 45.9 Å². The first-order valence-electron chi connectivity index (χ1n) is 6.37. The predicted molar refractivity (Wildman–Crippen MR) is 75.8 cm³/mol. The van der Waals surface area contributed by atoms with E-state index in [1.807, 2.05) is 19.1 Å². The molecule has 0 aromatic carbocycles. The molecule has 5 nitrogen and oxygen atoms in total. The largest absolute Gasteiger partial charge is 0.461 e. The highest BCUT2D eigenvalue weighted by molar-refractivity contribution is 5.55. The van der Waals surface area contributed by atoms with Gasteiger partial charge in [-0.15, -0.1) is 0 Å². The molecule has 0 aliphatic carbocycles. The standard InChI is InChI=1S/C14H20N4O/c1-10-4-5-12(19-10)11-8-16-13(17-9-11)18-14(2,3)6-7-15/h4-5,8-9H,6-7,15H2,1-3H3,(H,16,17,18). The van der Waals surface area contributed by atoms with Crippen LogP contribution in [0.4, 0.5) is 5.95 Å². The molecule has 19 heavy (non-hydrogen) atoms.